The van der Waals surface area contributed by atoms with E-state index in [2.05, 4.69) is 15.4 Å². The molecule has 1 N–H and O–H groups in total. The van der Waals surface area contributed by atoms with E-state index in [0.717, 1.165) is 17.0 Å². The lowest BCUT2D eigenvalue weighted by Crippen LogP contribution is -2.13. The summed E-state index contributed by atoms with van der Waals surface area (Å²) in [6.45, 7) is 0. The van der Waals surface area contributed by atoms with Crippen molar-refractivity contribution in [2.24, 2.45) is 7.05 Å². The van der Waals surface area contributed by atoms with E-state index in [4.69, 9.17) is 16.0 Å². The number of nitrogens with one attached hydrogen (secondary N) is 1. The summed E-state index contributed by atoms with van der Waals surface area (Å²) in [5, 5.41) is 7.60. The van der Waals surface area contributed by atoms with E-state index in [0.29, 0.717) is 22.2 Å². The van der Waals surface area contributed by atoms with Crippen molar-refractivity contribution >= 4 is 23.3 Å². The SMILES string of the molecule is Cn1nc(-c2ccco2)cc1-c1ccc(NC(=O)c2ccccc2Cl)nc1. The zero-order chi connectivity index (χ0) is 18.8. The Morgan fingerprint density at radius 3 is 2.70 bits per heavy atom. The molecule has 7 heteroatoms. The molecule has 0 saturated heterocycles. The smallest absolute Gasteiger partial charge is 0.258 e. The maximum absolute atomic E-state index is 12.3. The van der Waals surface area contributed by atoms with Crippen LogP contribution in [0.3, 0.4) is 0 Å². The number of anilines is 1. The number of aryl methyl sites for hydroxylation is 1. The molecule has 0 radical (unpaired) electrons. The fourth-order valence-corrected chi connectivity index (χ4v) is 2.95. The van der Waals surface area contributed by atoms with Crippen molar-refractivity contribution in [1.29, 1.82) is 0 Å². The fourth-order valence-electron chi connectivity index (χ4n) is 2.73. The minimum Gasteiger partial charge on any atom is -0.463 e. The lowest BCUT2D eigenvalue weighted by atomic mass is 10.2. The van der Waals surface area contributed by atoms with Gasteiger partial charge in [0.2, 0.25) is 0 Å². The average molecular weight is 379 g/mol. The topological polar surface area (TPSA) is 73.0 Å². The van der Waals surface area contributed by atoms with Crippen molar-refractivity contribution in [3.05, 3.63) is 77.6 Å². The number of pyridine rings is 1. The minimum atomic E-state index is -0.304. The van der Waals surface area contributed by atoms with Crippen LogP contribution >= 0.6 is 11.6 Å². The maximum Gasteiger partial charge on any atom is 0.258 e. The number of hydrogen-bond acceptors (Lipinski definition) is 4. The molecule has 1 aromatic carbocycles. The van der Waals surface area contributed by atoms with Crippen molar-refractivity contribution in [2.45, 2.75) is 0 Å². The molecule has 0 spiro atoms. The highest BCUT2D eigenvalue weighted by Gasteiger charge is 2.13. The lowest BCUT2D eigenvalue weighted by Gasteiger charge is -2.07. The molecule has 1 amide bonds. The second-order valence-electron chi connectivity index (χ2n) is 5.88. The third-order valence-corrected chi connectivity index (χ3v) is 4.40. The minimum absolute atomic E-state index is 0.304. The van der Waals surface area contributed by atoms with Crippen LogP contribution in [0.25, 0.3) is 22.7 Å². The predicted octanol–water partition coefficient (Wildman–Crippen LogP) is 4.65. The summed E-state index contributed by atoms with van der Waals surface area (Å²) in [5.41, 5.74) is 2.91. The van der Waals surface area contributed by atoms with Gasteiger partial charge >= 0.3 is 0 Å². The van der Waals surface area contributed by atoms with Gasteiger partial charge in [-0.15, -0.1) is 0 Å². The fraction of sp³-hybridized carbons (Fsp3) is 0.0500. The Labute approximate surface area is 160 Å². The van der Waals surface area contributed by atoms with E-state index in [1.165, 1.54) is 0 Å². The van der Waals surface area contributed by atoms with Gasteiger partial charge in [-0.1, -0.05) is 23.7 Å². The number of carbonyl (C=O) groups is 1. The first-order valence-corrected chi connectivity index (χ1v) is 8.60. The number of nitrogens with zero attached hydrogens (tertiary/aromatic N) is 3. The second-order valence-corrected chi connectivity index (χ2v) is 6.29. The number of aromatic nitrogens is 3. The Kier molecular flexibility index (Phi) is 4.48. The summed E-state index contributed by atoms with van der Waals surface area (Å²) >= 11 is 6.05. The molecule has 0 aliphatic carbocycles. The van der Waals surface area contributed by atoms with Crippen LogP contribution in [0.2, 0.25) is 5.02 Å². The van der Waals surface area contributed by atoms with Crippen LogP contribution < -0.4 is 5.32 Å². The maximum atomic E-state index is 12.3. The van der Waals surface area contributed by atoms with Crippen LogP contribution in [0.1, 0.15) is 10.4 Å². The monoisotopic (exact) mass is 378 g/mol. The molecule has 134 valence electrons. The van der Waals surface area contributed by atoms with Gasteiger partial charge < -0.3 is 9.73 Å². The summed E-state index contributed by atoms with van der Waals surface area (Å²) in [7, 11) is 1.86. The van der Waals surface area contributed by atoms with Crippen LogP contribution in [0.4, 0.5) is 5.82 Å². The Hall–Kier alpha value is -3.38. The van der Waals surface area contributed by atoms with E-state index in [1.54, 1.807) is 47.5 Å². The second kappa shape index (κ2) is 7.09. The van der Waals surface area contributed by atoms with Crippen molar-refractivity contribution in [3.63, 3.8) is 0 Å². The van der Waals surface area contributed by atoms with Gasteiger partial charge in [0.1, 0.15) is 11.5 Å². The highest BCUT2D eigenvalue weighted by atomic mass is 35.5. The summed E-state index contributed by atoms with van der Waals surface area (Å²) in [6, 6.07) is 16.1. The predicted molar refractivity (Wildman–Crippen MR) is 104 cm³/mol. The van der Waals surface area contributed by atoms with E-state index < -0.39 is 0 Å². The summed E-state index contributed by atoms with van der Waals surface area (Å²) in [6.07, 6.45) is 3.30. The number of carbonyl (C=O) groups excluding carboxylic acids is 1. The molecule has 3 aromatic heterocycles. The molecule has 4 rings (SSSR count). The number of halogens is 1. The van der Waals surface area contributed by atoms with E-state index in [-0.39, 0.29) is 5.91 Å². The van der Waals surface area contributed by atoms with Crippen LogP contribution in [-0.2, 0) is 7.05 Å². The van der Waals surface area contributed by atoms with Gasteiger partial charge in [0.25, 0.3) is 5.91 Å². The van der Waals surface area contributed by atoms with Crippen LogP contribution in [0.5, 0.6) is 0 Å². The van der Waals surface area contributed by atoms with Gasteiger partial charge in [0, 0.05) is 18.8 Å². The molecule has 27 heavy (non-hydrogen) atoms. The van der Waals surface area contributed by atoms with Gasteiger partial charge in [-0.25, -0.2) is 4.98 Å². The Morgan fingerprint density at radius 2 is 2.00 bits per heavy atom. The zero-order valence-electron chi connectivity index (χ0n) is 14.4. The number of furan rings is 1. The summed E-state index contributed by atoms with van der Waals surface area (Å²) < 4.78 is 7.15. The van der Waals surface area contributed by atoms with E-state index in [1.807, 2.05) is 31.3 Å². The first-order chi connectivity index (χ1) is 13.1. The first kappa shape index (κ1) is 17.1. The third-order valence-electron chi connectivity index (χ3n) is 4.07. The molecule has 0 fully saturated rings. The normalized spacial score (nSPS) is 10.7. The van der Waals surface area contributed by atoms with E-state index in [9.17, 15) is 4.79 Å². The molecule has 3 heterocycles. The highest BCUT2D eigenvalue weighted by Crippen LogP contribution is 2.26. The molecule has 4 aromatic rings. The lowest BCUT2D eigenvalue weighted by molar-refractivity contribution is 0.102. The number of rotatable bonds is 4. The Balaban J connectivity index is 1.55. The number of benzene rings is 1. The van der Waals surface area contributed by atoms with Gasteiger partial charge in [0.15, 0.2) is 5.76 Å². The van der Waals surface area contributed by atoms with Crippen molar-refractivity contribution in [3.8, 4) is 22.7 Å². The van der Waals surface area contributed by atoms with E-state index >= 15 is 0 Å². The van der Waals surface area contributed by atoms with Gasteiger partial charge in [-0.3, -0.25) is 9.48 Å². The Morgan fingerprint density at radius 1 is 1.15 bits per heavy atom. The number of hydrogen-bond donors (Lipinski definition) is 1. The molecule has 6 nitrogen and oxygen atoms in total. The molecule has 0 saturated carbocycles. The average Bonchev–Trinajstić information content (AvgIpc) is 3.32. The third kappa shape index (κ3) is 3.47. The molecule has 0 bridgehead atoms. The van der Waals surface area contributed by atoms with Crippen LogP contribution in [0, 0.1) is 0 Å². The first-order valence-electron chi connectivity index (χ1n) is 8.22. The largest absolute Gasteiger partial charge is 0.463 e. The van der Waals surface area contributed by atoms with Crippen LogP contribution in [-0.4, -0.2) is 20.7 Å². The molecular weight excluding hydrogens is 364 g/mol. The Bertz CT molecular complexity index is 1090. The van der Waals surface area contributed by atoms with Gasteiger partial charge in [-0.05, 0) is 42.5 Å². The van der Waals surface area contributed by atoms with Crippen molar-refractivity contribution in [1.82, 2.24) is 14.8 Å². The van der Waals surface area contributed by atoms with Gasteiger partial charge in [-0.2, -0.15) is 5.10 Å². The summed E-state index contributed by atoms with van der Waals surface area (Å²) in [4.78, 5) is 16.6. The highest BCUT2D eigenvalue weighted by molar-refractivity contribution is 6.34. The molecule has 0 unspecified atom stereocenters. The van der Waals surface area contributed by atoms with Crippen LogP contribution in [0.15, 0.2) is 71.5 Å². The summed E-state index contributed by atoms with van der Waals surface area (Å²) in [5.74, 6) is 0.840. The molecule has 0 atom stereocenters. The molecular formula is C20H15ClN4O2. The van der Waals surface area contributed by atoms with Crippen molar-refractivity contribution in [2.75, 3.05) is 5.32 Å². The molecule has 0 aliphatic rings. The quantitative estimate of drug-likeness (QED) is 0.561. The standard InChI is InChI=1S/C20H15ClN4O2/c1-25-17(11-16(24-25)18-7-4-10-27-18)13-8-9-19(22-12-13)23-20(26)14-5-2-3-6-15(14)21/h2-12H,1H3,(H,22,23,26). The zero-order valence-corrected chi connectivity index (χ0v) is 15.1. The van der Waals surface area contributed by atoms with Gasteiger partial charge in [0.05, 0.1) is 22.5 Å². The molecule has 0 aliphatic heterocycles. The van der Waals surface area contributed by atoms with Crippen molar-refractivity contribution < 1.29 is 9.21 Å². The number of amides is 1.